The monoisotopic (exact) mass is 622 g/mol. The second-order valence-electron chi connectivity index (χ2n) is 9.90. The minimum atomic E-state index is -3.67. The van der Waals surface area contributed by atoms with Crippen molar-refractivity contribution in [3.63, 3.8) is 0 Å². The van der Waals surface area contributed by atoms with Crippen molar-refractivity contribution in [2.45, 2.75) is 46.0 Å². The first-order chi connectivity index (χ1) is 20.0. The molecule has 2 atom stereocenters. The Morgan fingerprint density at radius 2 is 1.02 bits per heavy atom. The van der Waals surface area contributed by atoms with Crippen LogP contribution in [0.4, 0.5) is 0 Å². The Morgan fingerprint density at radius 3 is 1.36 bits per heavy atom. The number of hydrogen-bond acceptors (Lipinski definition) is 12. The van der Waals surface area contributed by atoms with Crippen LogP contribution in [0.2, 0.25) is 0 Å². The average molecular weight is 623 g/mol. The molecule has 0 N–H and O–H groups in total. The van der Waals surface area contributed by atoms with Crippen LogP contribution in [-0.4, -0.2) is 89.8 Å². The number of hydrogen-bond donors (Lipinski definition) is 0. The van der Waals surface area contributed by atoms with Gasteiger partial charge in [-0.15, -0.1) is 10.1 Å². The highest BCUT2D eigenvalue weighted by Gasteiger charge is 2.35. The number of nitrogens with zero attached hydrogens (tertiary/aromatic N) is 2. The van der Waals surface area contributed by atoms with Gasteiger partial charge in [0.1, 0.15) is 11.5 Å². The average Bonchev–Trinajstić information content (AvgIpc) is 3.00. The molecule has 0 spiro atoms. The standard InChI is InChI=1S/C28H34N2O10S2/c1-37-21-7-11-23(12-8-21)41(33,34)25-5-3-17-29(19-25)39-27(31)15-16-28(32)40-30-18-4-6-26(20-30)42(35,36)24-13-9-22(38-2)10-14-24/h7-16,25-26H,3-6,17-20H2,1-2H3/b16-15-. The summed E-state index contributed by atoms with van der Waals surface area (Å²) in [6, 6.07) is 12.2. The van der Waals surface area contributed by atoms with Gasteiger partial charge in [-0.25, -0.2) is 26.4 Å². The van der Waals surface area contributed by atoms with Crippen LogP contribution >= 0.6 is 0 Å². The maximum absolute atomic E-state index is 13.1. The second kappa shape index (κ2) is 13.7. The van der Waals surface area contributed by atoms with E-state index in [0.29, 0.717) is 50.3 Å². The Bertz CT molecular complexity index is 1380. The molecule has 2 heterocycles. The first-order valence-electron chi connectivity index (χ1n) is 13.4. The number of benzene rings is 2. The number of sulfone groups is 2. The van der Waals surface area contributed by atoms with E-state index in [1.54, 1.807) is 24.3 Å². The van der Waals surface area contributed by atoms with Gasteiger partial charge in [-0.1, -0.05) is 0 Å². The Balaban J connectivity index is 1.28. The molecule has 2 aromatic carbocycles. The van der Waals surface area contributed by atoms with Crippen LogP contribution in [0, 0.1) is 0 Å². The summed E-state index contributed by atoms with van der Waals surface area (Å²) in [5.74, 6) is -0.657. The van der Waals surface area contributed by atoms with Gasteiger partial charge in [-0.05, 0) is 74.2 Å². The van der Waals surface area contributed by atoms with Gasteiger partial charge in [0.05, 0.1) is 47.6 Å². The Kier molecular flexibility index (Phi) is 10.2. The number of ether oxygens (including phenoxy) is 2. The molecule has 2 unspecified atom stereocenters. The molecule has 2 fully saturated rings. The lowest BCUT2D eigenvalue weighted by atomic mass is 10.2. The molecular formula is C28H34N2O10S2. The van der Waals surface area contributed by atoms with Crippen molar-refractivity contribution in [3.05, 3.63) is 60.7 Å². The largest absolute Gasteiger partial charge is 0.497 e. The molecule has 2 saturated heterocycles. The maximum Gasteiger partial charge on any atom is 0.349 e. The number of methoxy groups -OCH3 is 2. The van der Waals surface area contributed by atoms with Crippen LogP contribution in [0.3, 0.4) is 0 Å². The Hall–Kier alpha value is -3.46. The summed E-state index contributed by atoms with van der Waals surface area (Å²) >= 11 is 0. The molecule has 0 aromatic heterocycles. The predicted octanol–water partition coefficient (Wildman–Crippen LogP) is 2.35. The number of rotatable bonds is 10. The fourth-order valence-corrected chi connectivity index (χ4v) is 8.33. The normalized spacial score (nSPS) is 20.6. The van der Waals surface area contributed by atoms with Crippen molar-refractivity contribution < 1.29 is 45.6 Å². The fraction of sp³-hybridized carbons (Fsp3) is 0.429. The second-order valence-corrected chi connectivity index (χ2v) is 14.4. The van der Waals surface area contributed by atoms with Gasteiger partial charge in [0.2, 0.25) is 0 Å². The third-order valence-electron chi connectivity index (χ3n) is 7.13. The van der Waals surface area contributed by atoms with Crippen molar-refractivity contribution in [1.29, 1.82) is 0 Å². The Morgan fingerprint density at radius 1 is 0.667 bits per heavy atom. The van der Waals surface area contributed by atoms with Crippen molar-refractivity contribution in [3.8, 4) is 11.5 Å². The lowest BCUT2D eigenvalue weighted by Crippen LogP contribution is -2.43. The summed E-state index contributed by atoms with van der Waals surface area (Å²) < 4.78 is 62.5. The zero-order valence-corrected chi connectivity index (χ0v) is 25.0. The minimum absolute atomic E-state index is 0.0176. The molecule has 0 saturated carbocycles. The third kappa shape index (κ3) is 7.68. The summed E-state index contributed by atoms with van der Waals surface area (Å²) in [4.78, 5) is 35.6. The molecule has 2 aromatic rings. The van der Waals surface area contributed by atoms with Gasteiger partial charge in [-0.3, -0.25) is 0 Å². The van der Waals surface area contributed by atoms with E-state index >= 15 is 0 Å². The summed E-state index contributed by atoms with van der Waals surface area (Å²) in [7, 11) is -4.35. The van der Waals surface area contributed by atoms with Gasteiger partial charge >= 0.3 is 11.9 Å². The Labute approximate surface area is 245 Å². The molecule has 0 radical (unpaired) electrons. The van der Waals surface area contributed by atoms with Crippen LogP contribution in [-0.2, 0) is 38.9 Å². The van der Waals surface area contributed by atoms with Crippen molar-refractivity contribution in [1.82, 2.24) is 10.1 Å². The van der Waals surface area contributed by atoms with Crippen LogP contribution in [0.25, 0.3) is 0 Å². The van der Waals surface area contributed by atoms with E-state index in [9.17, 15) is 26.4 Å². The molecule has 0 amide bonds. The van der Waals surface area contributed by atoms with Crippen molar-refractivity contribution >= 4 is 31.6 Å². The fourth-order valence-electron chi connectivity index (χ4n) is 4.85. The lowest BCUT2D eigenvalue weighted by molar-refractivity contribution is -0.190. The van der Waals surface area contributed by atoms with Crippen molar-refractivity contribution in [2.24, 2.45) is 0 Å². The number of carbonyl (C=O) groups excluding carboxylic acids is 2. The van der Waals surface area contributed by atoms with Crippen molar-refractivity contribution in [2.75, 3.05) is 40.4 Å². The third-order valence-corrected chi connectivity index (χ3v) is 11.5. The van der Waals surface area contributed by atoms with E-state index in [0.717, 1.165) is 12.2 Å². The summed E-state index contributed by atoms with van der Waals surface area (Å²) in [6.45, 7) is 0.652. The molecule has 2 aliphatic rings. The predicted molar refractivity (Wildman–Crippen MR) is 151 cm³/mol. The minimum Gasteiger partial charge on any atom is -0.497 e. The SMILES string of the molecule is COc1ccc(S(=O)(=O)C2CCCN(OC(=O)/C=C\C(=O)ON3CCCC(S(=O)(=O)c4ccc(OC)cc4)C3)C2)cc1. The van der Waals surface area contributed by atoms with Gasteiger partial charge in [-0.2, -0.15) is 0 Å². The van der Waals surface area contributed by atoms with Crippen LogP contribution in [0.1, 0.15) is 25.7 Å². The number of carbonyl (C=O) groups is 2. The first kappa shape index (κ1) is 31.5. The quantitative estimate of drug-likeness (QED) is 0.359. The molecule has 0 aliphatic carbocycles. The highest BCUT2D eigenvalue weighted by molar-refractivity contribution is 7.92. The molecule has 4 rings (SSSR count). The zero-order valence-electron chi connectivity index (χ0n) is 23.4. The molecule has 42 heavy (non-hydrogen) atoms. The topological polar surface area (TPSA) is 146 Å². The van der Waals surface area contributed by atoms with E-state index < -0.39 is 42.1 Å². The molecule has 228 valence electrons. The molecule has 12 nitrogen and oxygen atoms in total. The van der Waals surface area contributed by atoms with E-state index in [-0.39, 0.29) is 22.9 Å². The first-order valence-corrected chi connectivity index (χ1v) is 16.5. The zero-order chi connectivity index (χ0) is 30.3. The summed E-state index contributed by atoms with van der Waals surface area (Å²) in [5, 5.41) is 0.990. The summed E-state index contributed by atoms with van der Waals surface area (Å²) in [6.07, 6.45) is 3.59. The number of hydroxylamine groups is 4. The lowest BCUT2D eigenvalue weighted by Gasteiger charge is -2.30. The van der Waals surface area contributed by atoms with Gasteiger partial charge in [0, 0.05) is 25.2 Å². The highest BCUT2D eigenvalue weighted by Crippen LogP contribution is 2.27. The summed E-state index contributed by atoms with van der Waals surface area (Å²) in [5.41, 5.74) is 0. The van der Waals surface area contributed by atoms with Gasteiger partial charge in [0.15, 0.2) is 19.7 Å². The van der Waals surface area contributed by atoms with E-state index in [2.05, 4.69) is 0 Å². The van der Waals surface area contributed by atoms with E-state index in [4.69, 9.17) is 19.1 Å². The molecule has 14 heteroatoms. The van der Waals surface area contributed by atoms with Gasteiger partial charge < -0.3 is 19.1 Å². The van der Waals surface area contributed by atoms with Crippen LogP contribution in [0.15, 0.2) is 70.5 Å². The van der Waals surface area contributed by atoms with Gasteiger partial charge in [0.25, 0.3) is 0 Å². The molecule has 0 bridgehead atoms. The highest BCUT2D eigenvalue weighted by atomic mass is 32.2. The van der Waals surface area contributed by atoms with Crippen LogP contribution in [0.5, 0.6) is 11.5 Å². The molecule has 2 aliphatic heterocycles. The maximum atomic E-state index is 13.1. The van der Waals surface area contributed by atoms with E-state index in [1.807, 2.05) is 0 Å². The molecular weight excluding hydrogens is 588 g/mol. The van der Waals surface area contributed by atoms with Crippen LogP contribution < -0.4 is 9.47 Å². The smallest absolute Gasteiger partial charge is 0.349 e. The number of piperidine rings is 2. The van der Waals surface area contributed by atoms with E-state index in [1.165, 1.54) is 48.6 Å².